The van der Waals surface area contributed by atoms with Gasteiger partial charge in [0.2, 0.25) is 0 Å². The maximum absolute atomic E-state index is 5.69. The summed E-state index contributed by atoms with van der Waals surface area (Å²) < 4.78 is 5.69. The third kappa shape index (κ3) is 4.00. The van der Waals surface area contributed by atoms with Crippen molar-refractivity contribution < 1.29 is 4.74 Å². The molecule has 0 radical (unpaired) electrons. The van der Waals surface area contributed by atoms with E-state index < -0.39 is 0 Å². The Labute approximate surface area is 130 Å². The first-order valence-corrected chi connectivity index (χ1v) is 8.38. The standard InChI is InChI=1S/C19H31NO/c1-13(2)11-20-12-16-7-6-8-17(16)19-15(4)9-14(3)10-18(19)21-5/h9-10,13,16-17,20H,6-8,11-12H2,1-5H3. The van der Waals surface area contributed by atoms with Gasteiger partial charge in [-0.1, -0.05) is 26.3 Å². The van der Waals surface area contributed by atoms with Gasteiger partial charge in [0.25, 0.3) is 0 Å². The molecule has 1 aliphatic carbocycles. The van der Waals surface area contributed by atoms with Crippen LogP contribution in [-0.4, -0.2) is 20.2 Å². The molecule has 2 rings (SSSR count). The summed E-state index contributed by atoms with van der Waals surface area (Å²) >= 11 is 0. The minimum atomic E-state index is 0.653. The lowest BCUT2D eigenvalue weighted by Crippen LogP contribution is -2.28. The topological polar surface area (TPSA) is 21.3 Å². The second-order valence-electron chi connectivity index (χ2n) is 7.05. The van der Waals surface area contributed by atoms with Gasteiger partial charge in [-0.05, 0) is 74.7 Å². The largest absolute Gasteiger partial charge is 0.496 e. The Morgan fingerprint density at radius 2 is 2.00 bits per heavy atom. The van der Waals surface area contributed by atoms with E-state index in [1.165, 1.54) is 36.0 Å². The number of ether oxygens (including phenoxy) is 1. The first-order valence-electron chi connectivity index (χ1n) is 8.38. The van der Waals surface area contributed by atoms with Gasteiger partial charge in [0, 0.05) is 5.56 Å². The molecule has 0 amide bonds. The van der Waals surface area contributed by atoms with Gasteiger partial charge in [-0.25, -0.2) is 0 Å². The van der Waals surface area contributed by atoms with Crippen LogP contribution in [0.25, 0.3) is 0 Å². The quantitative estimate of drug-likeness (QED) is 0.836. The number of benzene rings is 1. The zero-order valence-electron chi connectivity index (χ0n) is 14.3. The monoisotopic (exact) mass is 289 g/mol. The van der Waals surface area contributed by atoms with Gasteiger partial charge in [0.1, 0.15) is 5.75 Å². The molecule has 1 saturated carbocycles. The van der Waals surface area contributed by atoms with Crippen LogP contribution in [0.2, 0.25) is 0 Å². The SMILES string of the molecule is COc1cc(C)cc(C)c1C1CCCC1CNCC(C)C. The van der Waals surface area contributed by atoms with Crippen molar-refractivity contribution in [1.82, 2.24) is 5.32 Å². The van der Waals surface area contributed by atoms with Crippen LogP contribution in [0, 0.1) is 25.7 Å². The summed E-state index contributed by atoms with van der Waals surface area (Å²) in [7, 11) is 1.80. The molecule has 118 valence electrons. The molecule has 1 aromatic rings. The average molecular weight is 289 g/mol. The lowest BCUT2D eigenvalue weighted by Gasteiger charge is -2.25. The van der Waals surface area contributed by atoms with Crippen molar-refractivity contribution in [2.45, 2.75) is 52.9 Å². The van der Waals surface area contributed by atoms with Gasteiger partial charge in [-0.15, -0.1) is 0 Å². The predicted octanol–water partition coefficient (Wildman–Crippen LogP) is 4.44. The van der Waals surface area contributed by atoms with Crippen LogP contribution >= 0.6 is 0 Å². The third-order valence-corrected chi connectivity index (χ3v) is 4.70. The van der Waals surface area contributed by atoms with Gasteiger partial charge in [-0.3, -0.25) is 0 Å². The highest BCUT2D eigenvalue weighted by Gasteiger charge is 2.31. The normalized spacial score (nSPS) is 22.0. The van der Waals surface area contributed by atoms with Crippen molar-refractivity contribution in [3.05, 3.63) is 28.8 Å². The van der Waals surface area contributed by atoms with Crippen molar-refractivity contribution in [3.63, 3.8) is 0 Å². The highest BCUT2D eigenvalue weighted by molar-refractivity contribution is 5.46. The van der Waals surface area contributed by atoms with E-state index in [1.54, 1.807) is 7.11 Å². The minimum absolute atomic E-state index is 0.653. The molecule has 2 atom stereocenters. The number of hydrogen-bond acceptors (Lipinski definition) is 2. The predicted molar refractivity (Wildman–Crippen MR) is 90.3 cm³/mol. The average Bonchev–Trinajstić information content (AvgIpc) is 2.85. The Morgan fingerprint density at radius 3 is 2.67 bits per heavy atom. The molecule has 0 bridgehead atoms. The summed E-state index contributed by atoms with van der Waals surface area (Å²) in [4.78, 5) is 0. The molecule has 2 nitrogen and oxygen atoms in total. The summed E-state index contributed by atoms with van der Waals surface area (Å²) in [5.74, 6) is 3.22. The second kappa shape index (κ2) is 7.31. The molecule has 1 fully saturated rings. The molecule has 1 aromatic carbocycles. The number of methoxy groups -OCH3 is 1. The van der Waals surface area contributed by atoms with Crippen LogP contribution in [0.15, 0.2) is 12.1 Å². The highest BCUT2D eigenvalue weighted by atomic mass is 16.5. The van der Waals surface area contributed by atoms with Gasteiger partial charge >= 0.3 is 0 Å². The Bertz CT molecular complexity index is 467. The first kappa shape index (κ1) is 16.4. The molecule has 21 heavy (non-hydrogen) atoms. The molecule has 0 aliphatic heterocycles. The maximum Gasteiger partial charge on any atom is 0.122 e. The Hall–Kier alpha value is -1.02. The summed E-state index contributed by atoms with van der Waals surface area (Å²) in [6.45, 7) is 11.2. The van der Waals surface area contributed by atoms with E-state index in [4.69, 9.17) is 4.74 Å². The minimum Gasteiger partial charge on any atom is -0.496 e. The number of rotatable bonds is 6. The van der Waals surface area contributed by atoms with E-state index in [0.717, 1.165) is 30.7 Å². The van der Waals surface area contributed by atoms with E-state index >= 15 is 0 Å². The maximum atomic E-state index is 5.69. The molecule has 0 spiro atoms. The van der Waals surface area contributed by atoms with Gasteiger partial charge < -0.3 is 10.1 Å². The van der Waals surface area contributed by atoms with Crippen molar-refractivity contribution in [2.24, 2.45) is 11.8 Å². The van der Waals surface area contributed by atoms with Gasteiger partial charge in [0.15, 0.2) is 0 Å². The summed E-state index contributed by atoms with van der Waals surface area (Å²) in [6.07, 6.45) is 3.98. The number of hydrogen-bond donors (Lipinski definition) is 1. The van der Waals surface area contributed by atoms with Crippen molar-refractivity contribution in [2.75, 3.05) is 20.2 Å². The molecule has 1 aliphatic rings. The molecule has 0 heterocycles. The Morgan fingerprint density at radius 1 is 1.24 bits per heavy atom. The molecular weight excluding hydrogens is 258 g/mol. The zero-order valence-corrected chi connectivity index (χ0v) is 14.3. The summed E-state index contributed by atoms with van der Waals surface area (Å²) in [6, 6.07) is 4.49. The van der Waals surface area contributed by atoms with Crippen LogP contribution in [0.3, 0.4) is 0 Å². The Balaban J connectivity index is 2.16. The first-order chi connectivity index (χ1) is 10.0. The molecule has 1 N–H and O–H groups in total. The van der Waals surface area contributed by atoms with E-state index in [9.17, 15) is 0 Å². The number of nitrogens with one attached hydrogen (secondary N) is 1. The fourth-order valence-corrected chi connectivity index (χ4v) is 3.80. The summed E-state index contributed by atoms with van der Waals surface area (Å²) in [5.41, 5.74) is 4.14. The molecular formula is C19H31NO. The van der Waals surface area contributed by atoms with E-state index in [-0.39, 0.29) is 0 Å². The fourth-order valence-electron chi connectivity index (χ4n) is 3.80. The van der Waals surface area contributed by atoms with Crippen molar-refractivity contribution in [1.29, 1.82) is 0 Å². The smallest absolute Gasteiger partial charge is 0.122 e. The van der Waals surface area contributed by atoms with E-state index in [0.29, 0.717) is 5.92 Å². The van der Waals surface area contributed by atoms with Crippen molar-refractivity contribution >= 4 is 0 Å². The Kier molecular flexibility index (Phi) is 5.69. The highest BCUT2D eigenvalue weighted by Crippen LogP contribution is 2.44. The number of aryl methyl sites for hydroxylation is 2. The van der Waals surface area contributed by atoms with Gasteiger partial charge in [0.05, 0.1) is 7.11 Å². The van der Waals surface area contributed by atoms with Gasteiger partial charge in [-0.2, -0.15) is 0 Å². The van der Waals surface area contributed by atoms with Crippen LogP contribution in [0.5, 0.6) is 5.75 Å². The zero-order chi connectivity index (χ0) is 15.4. The molecule has 0 saturated heterocycles. The molecule has 0 aromatic heterocycles. The van der Waals surface area contributed by atoms with E-state index in [2.05, 4.69) is 45.1 Å². The van der Waals surface area contributed by atoms with Crippen LogP contribution < -0.4 is 10.1 Å². The van der Waals surface area contributed by atoms with Crippen LogP contribution in [0.4, 0.5) is 0 Å². The lowest BCUT2D eigenvalue weighted by atomic mass is 9.85. The second-order valence-corrected chi connectivity index (χ2v) is 7.05. The lowest BCUT2D eigenvalue weighted by molar-refractivity contribution is 0.384. The summed E-state index contributed by atoms with van der Waals surface area (Å²) in [5, 5.41) is 3.65. The third-order valence-electron chi connectivity index (χ3n) is 4.70. The van der Waals surface area contributed by atoms with Crippen LogP contribution in [-0.2, 0) is 0 Å². The molecule has 2 heteroatoms. The fraction of sp³-hybridized carbons (Fsp3) is 0.684. The van der Waals surface area contributed by atoms with E-state index in [1.807, 2.05) is 0 Å². The van der Waals surface area contributed by atoms with Crippen molar-refractivity contribution in [3.8, 4) is 5.75 Å². The molecule has 2 unspecified atom stereocenters. The van der Waals surface area contributed by atoms with Crippen LogP contribution in [0.1, 0.15) is 55.7 Å².